The van der Waals surface area contributed by atoms with Crippen LogP contribution in [0.25, 0.3) is 0 Å². The highest BCUT2D eigenvalue weighted by molar-refractivity contribution is 14.0. The minimum atomic E-state index is 0. The van der Waals surface area contributed by atoms with Crippen LogP contribution in [0, 0.1) is 6.92 Å². The minimum absolute atomic E-state index is 0. The van der Waals surface area contributed by atoms with Crippen LogP contribution in [0.3, 0.4) is 0 Å². The molecule has 23 heavy (non-hydrogen) atoms. The molecule has 132 valence electrons. The largest absolute Gasteiger partial charge is 0.356 e. The quantitative estimate of drug-likeness (QED) is 0.302. The fraction of sp³-hybridized carbons (Fsp3) is 0.750. The van der Waals surface area contributed by atoms with Crippen LogP contribution in [-0.2, 0) is 6.54 Å². The van der Waals surface area contributed by atoms with Crippen molar-refractivity contribution in [1.82, 2.24) is 20.5 Å². The molecular weight excluding hydrogens is 421 g/mol. The van der Waals surface area contributed by atoms with Gasteiger partial charge in [-0.05, 0) is 45.8 Å². The van der Waals surface area contributed by atoms with Crippen LogP contribution in [0.1, 0.15) is 42.0 Å². The minimum Gasteiger partial charge on any atom is -0.356 e. The number of halogens is 1. The number of aryl methyl sites for hydroxylation is 1. The third kappa shape index (κ3) is 8.30. The van der Waals surface area contributed by atoms with Gasteiger partial charge in [0.15, 0.2) is 5.96 Å². The Bertz CT molecular complexity index is 455. The molecule has 0 bridgehead atoms. The van der Waals surface area contributed by atoms with Crippen molar-refractivity contribution in [1.29, 1.82) is 0 Å². The van der Waals surface area contributed by atoms with E-state index in [0.717, 1.165) is 30.5 Å². The van der Waals surface area contributed by atoms with Gasteiger partial charge in [-0.2, -0.15) is 0 Å². The van der Waals surface area contributed by atoms with E-state index >= 15 is 0 Å². The van der Waals surface area contributed by atoms with Gasteiger partial charge >= 0.3 is 0 Å². The average molecular weight is 451 g/mol. The monoisotopic (exact) mass is 451 g/mol. The molecule has 2 rings (SSSR count). The van der Waals surface area contributed by atoms with Crippen molar-refractivity contribution in [2.45, 2.75) is 45.6 Å². The predicted octanol–water partition coefficient (Wildman–Crippen LogP) is 3.00. The maximum Gasteiger partial charge on any atom is 0.191 e. The van der Waals surface area contributed by atoms with Crippen molar-refractivity contribution in [2.75, 3.05) is 33.2 Å². The summed E-state index contributed by atoms with van der Waals surface area (Å²) in [6, 6.07) is 0. The Hall–Kier alpha value is -0.410. The first-order chi connectivity index (χ1) is 10.8. The van der Waals surface area contributed by atoms with Crippen molar-refractivity contribution in [3.63, 3.8) is 0 Å². The van der Waals surface area contributed by atoms with Gasteiger partial charge in [-0.1, -0.05) is 12.8 Å². The first-order valence-corrected chi connectivity index (χ1v) is 9.18. The summed E-state index contributed by atoms with van der Waals surface area (Å²) in [6.07, 6.45) is 8.62. The SMILES string of the molecule is CN=C(NCCCN1CCCCCC1)NCc1ncc(C)s1.I. The van der Waals surface area contributed by atoms with E-state index in [9.17, 15) is 0 Å². The van der Waals surface area contributed by atoms with Gasteiger partial charge in [-0.25, -0.2) is 4.98 Å². The number of hydrogen-bond acceptors (Lipinski definition) is 4. The van der Waals surface area contributed by atoms with E-state index in [2.05, 4.69) is 32.4 Å². The highest BCUT2D eigenvalue weighted by atomic mass is 127. The average Bonchev–Trinajstić information content (AvgIpc) is 2.78. The van der Waals surface area contributed by atoms with Crippen LogP contribution in [-0.4, -0.2) is 49.1 Å². The second-order valence-electron chi connectivity index (χ2n) is 5.83. The molecule has 1 aromatic heterocycles. The predicted molar refractivity (Wildman–Crippen MR) is 110 cm³/mol. The lowest BCUT2D eigenvalue weighted by Gasteiger charge is -2.20. The van der Waals surface area contributed by atoms with Gasteiger partial charge in [-0.15, -0.1) is 35.3 Å². The lowest BCUT2D eigenvalue weighted by atomic mass is 10.2. The van der Waals surface area contributed by atoms with E-state index in [4.69, 9.17) is 0 Å². The standard InChI is InChI=1S/C16H29N5S.HI/c1-14-12-19-15(22-14)13-20-16(17-2)18-8-7-11-21-9-5-3-4-6-10-21;/h12H,3-11,13H2,1-2H3,(H2,17,18,20);1H. The molecule has 0 unspecified atom stereocenters. The number of nitrogens with zero attached hydrogens (tertiary/aromatic N) is 3. The van der Waals surface area contributed by atoms with Crippen LogP contribution in [0.15, 0.2) is 11.2 Å². The van der Waals surface area contributed by atoms with Crippen LogP contribution in [0.5, 0.6) is 0 Å². The summed E-state index contributed by atoms with van der Waals surface area (Å²) in [5.74, 6) is 0.865. The Morgan fingerprint density at radius 1 is 1.26 bits per heavy atom. The molecule has 0 radical (unpaired) electrons. The van der Waals surface area contributed by atoms with E-state index in [0.29, 0.717) is 0 Å². The molecule has 1 aromatic rings. The van der Waals surface area contributed by atoms with Crippen LogP contribution < -0.4 is 10.6 Å². The number of likely N-dealkylation sites (tertiary alicyclic amines) is 1. The Morgan fingerprint density at radius 2 is 2.00 bits per heavy atom. The number of hydrogen-bond donors (Lipinski definition) is 2. The van der Waals surface area contributed by atoms with Crippen molar-refractivity contribution in [2.24, 2.45) is 4.99 Å². The molecule has 0 atom stereocenters. The highest BCUT2D eigenvalue weighted by Crippen LogP contribution is 2.10. The highest BCUT2D eigenvalue weighted by Gasteiger charge is 2.08. The molecule has 1 fully saturated rings. The van der Waals surface area contributed by atoms with Crippen molar-refractivity contribution >= 4 is 41.3 Å². The molecule has 0 amide bonds. The molecule has 0 spiro atoms. The molecule has 7 heteroatoms. The second-order valence-corrected chi connectivity index (χ2v) is 7.15. The van der Waals surface area contributed by atoms with E-state index in [1.165, 1.54) is 50.2 Å². The first-order valence-electron chi connectivity index (χ1n) is 8.36. The third-order valence-electron chi connectivity index (χ3n) is 3.94. The van der Waals surface area contributed by atoms with E-state index in [-0.39, 0.29) is 24.0 Å². The molecule has 0 aromatic carbocycles. The van der Waals surface area contributed by atoms with Gasteiger partial charge in [-0.3, -0.25) is 4.99 Å². The van der Waals surface area contributed by atoms with Crippen molar-refractivity contribution in [3.8, 4) is 0 Å². The van der Waals surface area contributed by atoms with Gasteiger partial charge in [0.2, 0.25) is 0 Å². The van der Waals surface area contributed by atoms with Crippen LogP contribution >= 0.6 is 35.3 Å². The molecule has 1 saturated heterocycles. The molecule has 1 aliphatic heterocycles. The molecule has 5 nitrogen and oxygen atoms in total. The summed E-state index contributed by atoms with van der Waals surface area (Å²) in [4.78, 5) is 12.5. The number of rotatable bonds is 6. The molecule has 0 saturated carbocycles. The number of nitrogens with one attached hydrogen (secondary N) is 2. The third-order valence-corrected chi connectivity index (χ3v) is 4.85. The second kappa shape index (κ2) is 12.0. The van der Waals surface area contributed by atoms with Gasteiger partial charge in [0, 0.05) is 24.7 Å². The molecule has 0 aliphatic carbocycles. The molecular formula is C16H30IN5S. The lowest BCUT2D eigenvalue weighted by Crippen LogP contribution is -2.38. The number of aliphatic imine (C=N–C) groups is 1. The smallest absolute Gasteiger partial charge is 0.191 e. The van der Waals surface area contributed by atoms with Crippen molar-refractivity contribution < 1.29 is 0 Å². The maximum atomic E-state index is 4.36. The normalized spacial score (nSPS) is 16.5. The van der Waals surface area contributed by atoms with Gasteiger partial charge in [0.1, 0.15) is 5.01 Å². The fourth-order valence-corrected chi connectivity index (χ4v) is 3.46. The summed E-state index contributed by atoms with van der Waals surface area (Å²) in [7, 11) is 1.82. The Morgan fingerprint density at radius 3 is 2.61 bits per heavy atom. The van der Waals surface area contributed by atoms with E-state index < -0.39 is 0 Å². The summed E-state index contributed by atoms with van der Waals surface area (Å²) >= 11 is 1.73. The van der Waals surface area contributed by atoms with Crippen LogP contribution in [0.2, 0.25) is 0 Å². The van der Waals surface area contributed by atoms with Gasteiger partial charge < -0.3 is 15.5 Å². The Labute approximate surface area is 161 Å². The summed E-state index contributed by atoms with van der Waals surface area (Å²) in [6.45, 7) is 7.52. The van der Waals surface area contributed by atoms with Gasteiger partial charge in [0.25, 0.3) is 0 Å². The lowest BCUT2D eigenvalue weighted by molar-refractivity contribution is 0.282. The zero-order chi connectivity index (χ0) is 15.6. The molecule has 2 N–H and O–H groups in total. The first kappa shape index (κ1) is 20.6. The van der Waals surface area contributed by atoms with Crippen LogP contribution in [0.4, 0.5) is 0 Å². The topological polar surface area (TPSA) is 52.6 Å². The Balaban J connectivity index is 0.00000264. The van der Waals surface area contributed by atoms with E-state index in [1.54, 1.807) is 11.3 Å². The zero-order valence-corrected chi connectivity index (χ0v) is 17.5. The summed E-state index contributed by atoms with van der Waals surface area (Å²) in [5.41, 5.74) is 0. The molecule has 1 aliphatic rings. The molecule has 2 heterocycles. The van der Waals surface area contributed by atoms with Gasteiger partial charge in [0.05, 0.1) is 6.54 Å². The summed E-state index contributed by atoms with van der Waals surface area (Å²) < 4.78 is 0. The summed E-state index contributed by atoms with van der Waals surface area (Å²) in [5, 5.41) is 7.81. The maximum absolute atomic E-state index is 4.36. The number of aromatic nitrogens is 1. The Kier molecular flexibility index (Phi) is 10.8. The van der Waals surface area contributed by atoms with Crippen molar-refractivity contribution in [3.05, 3.63) is 16.1 Å². The van der Waals surface area contributed by atoms with E-state index in [1.807, 2.05) is 13.2 Å². The fourth-order valence-electron chi connectivity index (χ4n) is 2.73. The zero-order valence-electron chi connectivity index (χ0n) is 14.3. The number of thiazole rings is 1. The number of guanidine groups is 1.